The molecule has 2 rings (SSSR count). The van der Waals surface area contributed by atoms with Gasteiger partial charge in [-0.05, 0) is 19.1 Å². The van der Waals surface area contributed by atoms with Gasteiger partial charge in [0.1, 0.15) is 6.33 Å². The van der Waals surface area contributed by atoms with E-state index in [0.29, 0.717) is 11.4 Å². The van der Waals surface area contributed by atoms with Gasteiger partial charge >= 0.3 is 0 Å². The van der Waals surface area contributed by atoms with E-state index in [0.717, 1.165) is 0 Å². The lowest BCUT2D eigenvalue weighted by Gasteiger charge is -2.05. The number of ketones is 1. The van der Waals surface area contributed by atoms with Crippen molar-refractivity contribution in [1.82, 2.24) is 19.5 Å². The smallest absolute Gasteiger partial charge is 0.240 e. The first-order chi connectivity index (χ1) is 9.38. The molecule has 0 aliphatic rings. The molecule has 0 atom stereocenters. The Hall–Kier alpha value is -2.06. The summed E-state index contributed by atoms with van der Waals surface area (Å²) in [4.78, 5) is 15.2. The fourth-order valence-electron chi connectivity index (χ4n) is 1.58. The van der Waals surface area contributed by atoms with E-state index >= 15 is 0 Å². The average molecular weight is 294 g/mol. The van der Waals surface area contributed by atoms with Crippen molar-refractivity contribution in [3.05, 3.63) is 42.0 Å². The predicted octanol–water partition coefficient (Wildman–Crippen LogP) is 0.496. The quantitative estimate of drug-likeness (QED) is 0.810. The number of hydrogen-bond donors (Lipinski definition) is 1. The van der Waals surface area contributed by atoms with Gasteiger partial charge in [0.2, 0.25) is 10.0 Å². The molecule has 1 aromatic carbocycles. The second-order valence-corrected chi connectivity index (χ2v) is 6.01. The number of benzene rings is 1. The van der Waals surface area contributed by atoms with Crippen molar-refractivity contribution in [2.24, 2.45) is 7.05 Å². The molecule has 0 unspecified atom stereocenters. The Labute approximate surface area is 116 Å². The van der Waals surface area contributed by atoms with E-state index in [1.807, 2.05) is 0 Å². The van der Waals surface area contributed by atoms with E-state index in [4.69, 9.17) is 0 Å². The van der Waals surface area contributed by atoms with Crippen molar-refractivity contribution >= 4 is 15.8 Å². The number of Topliss-reactive ketones (excluding diaryl/α,β-unsaturated/α-hetero) is 1. The number of nitrogens with zero attached hydrogens (tertiary/aromatic N) is 3. The van der Waals surface area contributed by atoms with Crippen LogP contribution in [0, 0.1) is 0 Å². The maximum atomic E-state index is 12.0. The minimum atomic E-state index is -3.64. The Bertz CT molecular complexity index is 719. The van der Waals surface area contributed by atoms with Crippen LogP contribution in [0.2, 0.25) is 0 Å². The summed E-state index contributed by atoms with van der Waals surface area (Å²) in [7, 11) is -1.94. The van der Waals surface area contributed by atoms with Crippen molar-refractivity contribution in [2.75, 3.05) is 0 Å². The highest BCUT2D eigenvalue weighted by molar-refractivity contribution is 7.89. The lowest BCUT2D eigenvalue weighted by Crippen LogP contribution is -2.24. The molecule has 8 heteroatoms. The third-order valence-electron chi connectivity index (χ3n) is 2.64. The number of aromatic nitrogens is 3. The van der Waals surface area contributed by atoms with Crippen LogP contribution < -0.4 is 4.72 Å². The second-order valence-electron chi connectivity index (χ2n) is 4.24. The number of sulfonamides is 1. The molecule has 0 bridgehead atoms. The normalized spacial score (nSPS) is 11.5. The highest BCUT2D eigenvalue weighted by Gasteiger charge is 2.15. The zero-order chi connectivity index (χ0) is 14.8. The van der Waals surface area contributed by atoms with E-state index in [-0.39, 0.29) is 17.2 Å². The minimum Gasteiger partial charge on any atom is -0.295 e. The lowest BCUT2D eigenvalue weighted by atomic mass is 10.2. The molecule has 1 aromatic heterocycles. The average Bonchev–Trinajstić information content (AvgIpc) is 2.82. The van der Waals surface area contributed by atoms with Crippen LogP contribution in [0.3, 0.4) is 0 Å². The molecule has 0 fully saturated rings. The molecule has 0 spiro atoms. The van der Waals surface area contributed by atoms with Gasteiger partial charge in [0.05, 0.1) is 11.4 Å². The summed E-state index contributed by atoms with van der Waals surface area (Å²) >= 11 is 0. The molecule has 0 saturated heterocycles. The molecule has 1 heterocycles. The molecule has 2 aromatic rings. The van der Waals surface area contributed by atoms with Gasteiger partial charge in [-0.3, -0.25) is 9.48 Å². The summed E-state index contributed by atoms with van der Waals surface area (Å²) in [5, 5.41) is 3.98. The Morgan fingerprint density at radius 1 is 1.30 bits per heavy atom. The van der Waals surface area contributed by atoms with Crippen molar-refractivity contribution < 1.29 is 13.2 Å². The molecule has 0 radical (unpaired) electrons. The summed E-state index contributed by atoms with van der Waals surface area (Å²) in [5.74, 6) is 0.274. The summed E-state index contributed by atoms with van der Waals surface area (Å²) in [6.07, 6.45) is 1.49. The SMILES string of the molecule is CC(=O)c1ccc(S(=O)(=O)NCc2ncn(C)n2)cc1. The Morgan fingerprint density at radius 3 is 2.45 bits per heavy atom. The molecular formula is C12H14N4O3S. The van der Waals surface area contributed by atoms with E-state index in [1.54, 1.807) is 7.05 Å². The van der Waals surface area contributed by atoms with Crippen LogP contribution >= 0.6 is 0 Å². The van der Waals surface area contributed by atoms with Gasteiger partial charge in [0.25, 0.3) is 0 Å². The monoisotopic (exact) mass is 294 g/mol. The van der Waals surface area contributed by atoms with Gasteiger partial charge in [0.15, 0.2) is 11.6 Å². The van der Waals surface area contributed by atoms with Crippen molar-refractivity contribution in [2.45, 2.75) is 18.4 Å². The number of aryl methyl sites for hydroxylation is 1. The van der Waals surface area contributed by atoms with Crippen molar-refractivity contribution in [3.63, 3.8) is 0 Å². The fourth-order valence-corrected chi connectivity index (χ4v) is 2.56. The van der Waals surface area contributed by atoms with E-state index < -0.39 is 10.0 Å². The standard InChI is InChI=1S/C12H14N4O3S/c1-9(17)10-3-5-11(6-4-10)20(18,19)14-7-12-13-8-16(2)15-12/h3-6,8,14H,7H2,1-2H3. The first-order valence-electron chi connectivity index (χ1n) is 5.84. The number of carbonyl (C=O) groups is 1. The minimum absolute atomic E-state index is 0.0115. The molecule has 0 saturated carbocycles. The largest absolute Gasteiger partial charge is 0.295 e. The molecule has 7 nitrogen and oxygen atoms in total. The summed E-state index contributed by atoms with van der Waals surface area (Å²) < 4.78 is 28.0. The summed E-state index contributed by atoms with van der Waals surface area (Å²) in [6.45, 7) is 1.44. The number of nitrogens with one attached hydrogen (secondary N) is 1. The lowest BCUT2D eigenvalue weighted by molar-refractivity contribution is 0.101. The van der Waals surface area contributed by atoms with Gasteiger partial charge in [-0.25, -0.2) is 18.1 Å². The first kappa shape index (κ1) is 14.4. The molecule has 0 amide bonds. The summed E-state index contributed by atoms with van der Waals surface area (Å²) in [6, 6.07) is 5.75. The van der Waals surface area contributed by atoms with Crippen LogP contribution in [-0.2, 0) is 23.6 Å². The van der Waals surface area contributed by atoms with Crippen LogP contribution in [0.4, 0.5) is 0 Å². The highest BCUT2D eigenvalue weighted by Crippen LogP contribution is 2.11. The second kappa shape index (κ2) is 5.51. The van der Waals surface area contributed by atoms with Crippen LogP contribution in [-0.4, -0.2) is 29.0 Å². The number of rotatable bonds is 5. The van der Waals surface area contributed by atoms with Gasteiger partial charge in [0, 0.05) is 12.6 Å². The molecular weight excluding hydrogens is 280 g/mol. The fraction of sp³-hybridized carbons (Fsp3) is 0.250. The van der Waals surface area contributed by atoms with E-state index in [9.17, 15) is 13.2 Å². The highest BCUT2D eigenvalue weighted by atomic mass is 32.2. The number of carbonyl (C=O) groups excluding carboxylic acids is 1. The molecule has 1 N–H and O–H groups in total. The maximum absolute atomic E-state index is 12.0. The van der Waals surface area contributed by atoms with Gasteiger partial charge < -0.3 is 0 Å². The zero-order valence-corrected chi connectivity index (χ0v) is 11.9. The van der Waals surface area contributed by atoms with Gasteiger partial charge in [-0.1, -0.05) is 12.1 Å². The molecule has 106 valence electrons. The zero-order valence-electron chi connectivity index (χ0n) is 11.1. The molecule has 0 aliphatic carbocycles. The Kier molecular flexibility index (Phi) is 3.96. The third-order valence-corrected chi connectivity index (χ3v) is 4.06. The van der Waals surface area contributed by atoms with Gasteiger partial charge in [-0.15, -0.1) is 0 Å². The van der Waals surface area contributed by atoms with E-state index in [2.05, 4.69) is 14.8 Å². The molecule has 0 aliphatic heterocycles. The van der Waals surface area contributed by atoms with Crippen LogP contribution in [0.15, 0.2) is 35.5 Å². The number of hydrogen-bond acceptors (Lipinski definition) is 5. The van der Waals surface area contributed by atoms with Crippen molar-refractivity contribution in [1.29, 1.82) is 0 Å². The van der Waals surface area contributed by atoms with Crippen molar-refractivity contribution in [3.8, 4) is 0 Å². The van der Waals surface area contributed by atoms with Gasteiger partial charge in [-0.2, -0.15) is 5.10 Å². The Balaban J connectivity index is 2.11. The first-order valence-corrected chi connectivity index (χ1v) is 7.32. The third kappa shape index (κ3) is 3.28. The van der Waals surface area contributed by atoms with E-state index in [1.165, 1.54) is 42.2 Å². The topological polar surface area (TPSA) is 94.0 Å². The van der Waals surface area contributed by atoms with Crippen LogP contribution in [0.25, 0.3) is 0 Å². The maximum Gasteiger partial charge on any atom is 0.240 e. The summed E-state index contributed by atoms with van der Waals surface area (Å²) in [5.41, 5.74) is 0.468. The molecule has 20 heavy (non-hydrogen) atoms. The van der Waals surface area contributed by atoms with Crippen LogP contribution in [0.5, 0.6) is 0 Å². The Morgan fingerprint density at radius 2 is 1.95 bits per heavy atom. The predicted molar refractivity (Wildman–Crippen MR) is 71.5 cm³/mol. The van der Waals surface area contributed by atoms with Crippen LogP contribution in [0.1, 0.15) is 23.1 Å².